The van der Waals surface area contributed by atoms with Crippen molar-refractivity contribution in [2.24, 2.45) is 0 Å². The minimum absolute atomic E-state index is 0.141. The van der Waals surface area contributed by atoms with E-state index in [1.54, 1.807) is 24.3 Å². The van der Waals surface area contributed by atoms with Gasteiger partial charge in [-0.15, -0.1) is 0 Å². The van der Waals surface area contributed by atoms with E-state index in [2.05, 4.69) is 21.2 Å². The van der Waals surface area contributed by atoms with Crippen LogP contribution in [0.5, 0.6) is 0 Å². The van der Waals surface area contributed by atoms with Gasteiger partial charge in [-0.3, -0.25) is 13.9 Å². The maximum Gasteiger partial charge on any atom is 0.244 e. The summed E-state index contributed by atoms with van der Waals surface area (Å²) in [6, 6.07) is 23.0. The smallest absolute Gasteiger partial charge is 0.244 e. The Hall–Kier alpha value is -3.17. The van der Waals surface area contributed by atoms with Gasteiger partial charge in [-0.2, -0.15) is 0 Å². The summed E-state index contributed by atoms with van der Waals surface area (Å²) in [5.41, 5.74) is 3.06. The number of nitrogens with one attached hydrogen (secondary N) is 1. The summed E-state index contributed by atoms with van der Waals surface area (Å²) in [5, 5.41) is 2.66. The third-order valence-electron chi connectivity index (χ3n) is 5.78. The van der Waals surface area contributed by atoms with Gasteiger partial charge < -0.3 is 10.2 Å². The molecule has 0 aliphatic carbocycles. The summed E-state index contributed by atoms with van der Waals surface area (Å²) in [5.74, 6) is -0.806. The summed E-state index contributed by atoms with van der Waals surface area (Å²) in [6.07, 6.45) is 1.35. The van der Waals surface area contributed by atoms with Crippen LogP contribution in [0, 0.1) is 6.92 Å². The van der Waals surface area contributed by atoms with Crippen molar-refractivity contribution in [1.29, 1.82) is 0 Å². The molecule has 0 aliphatic heterocycles. The van der Waals surface area contributed by atoms with E-state index in [1.807, 2.05) is 61.5 Å². The van der Waals surface area contributed by atoms with Crippen LogP contribution in [0.2, 0.25) is 0 Å². The quantitative estimate of drug-likeness (QED) is 0.399. The van der Waals surface area contributed by atoms with Gasteiger partial charge in [0.25, 0.3) is 0 Å². The monoisotopic (exact) mass is 571 g/mol. The molecular weight excluding hydrogens is 542 g/mol. The van der Waals surface area contributed by atoms with E-state index in [0.29, 0.717) is 5.69 Å². The molecule has 1 atom stereocenters. The van der Waals surface area contributed by atoms with Crippen LogP contribution in [0.3, 0.4) is 0 Å². The number of halogens is 1. The molecule has 0 radical (unpaired) electrons. The number of likely N-dealkylation sites (N-methyl/N-ethyl adjacent to an activating group) is 1. The number of rotatable bonds is 10. The standard InChI is InChI=1S/C27H30BrN3O4S/c1-20-9-15-24(16-10-20)31(36(3,34)35)19-26(32)30(18-22-11-13-23(28)14-12-22)25(27(33)29-2)17-21-7-5-4-6-8-21/h4-16,25H,17-19H2,1-3H3,(H,29,33). The first-order valence-electron chi connectivity index (χ1n) is 11.4. The van der Waals surface area contributed by atoms with Gasteiger partial charge in [-0.05, 0) is 42.3 Å². The molecule has 0 fully saturated rings. The fourth-order valence-corrected chi connectivity index (χ4v) is 4.95. The van der Waals surface area contributed by atoms with Crippen LogP contribution in [0.25, 0.3) is 0 Å². The minimum atomic E-state index is -3.77. The Labute approximate surface area is 221 Å². The number of amides is 2. The Kier molecular flexibility index (Phi) is 9.28. The Morgan fingerprint density at radius 1 is 0.917 bits per heavy atom. The summed E-state index contributed by atoms with van der Waals surface area (Å²) in [4.78, 5) is 28.3. The lowest BCUT2D eigenvalue weighted by atomic mass is 10.0. The number of aryl methyl sites for hydroxylation is 1. The highest BCUT2D eigenvalue weighted by Gasteiger charge is 2.32. The van der Waals surface area contributed by atoms with Crippen molar-refractivity contribution in [2.45, 2.75) is 25.9 Å². The highest BCUT2D eigenvalue weighted by molar-refractivity contribution is 9.10. The van der Waals surface area contributed by atoms with Crippen molar-refractivity contribution >= 4 is 43.5 Å². The molecule has 0 aliphatic rings. The summed E-state index contributed by atoms with van der Waals surface area (Å²) >= 11 is 3.42. The Balaban J connectivity index is 2.00. The second-order valence-electron chi connectivity index (χ2n) is 8.57. The first kappa shape index (κ1) is 27.4. The van der Waals surface area contributed by atoms with E-state index in [1.165, 1.54) is 11.9 Å². The molecule has 3 aromatic rings. The highest BCUT2D eigenvalue weighted by Crippen LogP contribution is 2.21. The summed E-state index contributed by atoms with van der Waals surface area (Å²) in [7, 11) is -2.24. The van der Waals surface area contributed by atoms with Crippen LogP contribution in [-0.2, 0) is 32.6 Å². The molecule has 0 spiro atoms. The highest BCUT2D eigenvalue weighted by atomic mass is 79.9. The normalized spacial score (nSPS) is 12.0. The molecule has 1 unspecified atom stereocenters. The van der Waals surface area contributed by atoms with Crippen LogP contribution >= 0.6 is 15.9 Å². The van der Waals surface area contributed by atoms with Crippen LogP contribution < -0.4 is 9.62 Å². The van der Waals surface area contributed by atoms with Crippen LogP contribution in [-0.4, -0.2) is 51.0 Å². The maximum atomic E-state index is 13.8. The maximum absolute atomic E-state index is 13.8. The Bertz CT molecular complexity index is 1280. The molecule has 3 aromatic carbocycles. The number of hydrogen-bond donors (Lipinski definition) is 1. The van der Waals surface area contributed by atoms with Gasteiger partial charge in [0.05, 0.1) is 11.9 Å². The first-order chi connectivity index (χ1) is 17.1. The van der Waals surface area contributed by atoms with Crippen molar-refractivity contribution in [1.82, 2.24) is 10.2 Å². The van der Waals surface area contributed by atoms with Crippen LogP contribution in [0.15, 0.2) is 83.3 Å². The number of anilines is 1. The van der Waals surface area contributed by atoms with Gasteiger partial charge in [-0.25, -0.2) is 8.42 Å². The molecule has 0 saturated heterocycles. The second kappa shape index (κ2) is 12.2. The SMILES string of the molecule is CNC(=O)C(Cc1ccccc1)N(Cc1ccc(Br)cc1)C(=O)CN(c1ccc(C)cc1)S(C)(=O)=O. The molecule has 0 aromatic heterocycles. The van der Waals surface area contributed by atoms with Crippen molar-refractivity contribution in [2.75, 3.05) is 24.2 Å². The molecule has 9 heteroatoms. The van der Waals surface area contributed by atoms with E-state index >= 15 is 0 Å². The van der Waals surface area contributed by atoms with Crippen molar-refractivity contribution in [3.8, 4) is 0 Å². The fourth-order valence-electron chi connectivity index (χ4n) is 3.83. The molecule has 0 heterocycles. The molecule has 0 bridgehead atoms. The number of carbonyl (C=O) groups is 2. The molecule has 2 amide bonds. The zero-order valence-corrected chi connectivity index (χ0v) is 22.9. The molecule has 1 N–H and O–H groups in total. The average molecular weight is 573 g/mol. The molecule has 0 saturated carbocycles. The van der Waals surface area contributed by atoms with E-state index in [4.69, 9.17) is 0 Å². The summed E-state index contributed by atoms with van der Waals surface area (Å²) in [6.45, 7) is 1.61. The van der Waals surface area contributed by atoms with E-state index in [9.17, 15) is 18.0 Å². The van der Waals surface area contributed by atoms with E-state index < -0.39 is 28.5 Å². The first-order valence-corrected chi connectivity index (χ1v) is 14.1. The van der Waals surface area contributed by atoms with Gasteiger partial charge in [0.15, 0.2) is 0 Å². The minimum Gasteiger partial charge on any atom is -0.357 e. The predicted octanol–water partition coefficient (Wildman–Crippen LogP) is 3.91. The second-order valence-corrected chi connectivity index (χ2v) is 11.4. The van der Waals surface area contributed by atoms with Gasteiger partial charge in [0, 0.05) is 24.5 Å². The third-order valence-corrected chi connectivity index (χ3v) is 7.45. The zero-order valence-electron chi connectivity index (χ0n) is 20.5. The van der Waals surface area contributed by atoms with Crippen LogP contribution in [0.1, 0.15) is 16.7 Å². The van der Waals surface area contributed by atoms with Gasteiger partial charge >= 0.3 is 0 Å². The number of hydrogen-bond acceptors (Lipinski definition) is 4. The van der Waals surface area contributed by atoms with Gasteiger partial charge in [0.1, 0.15) is 12.6 Å². The molecule has 190 valence electrons. The van der Waals surface area contributed by atoms with Crippen LogP contribution in [0.4, 0.5) is 5.69 Å². The topological polar surface area (TPSA) is 86.8 Å². The number of carbonyl (C=O) groups excluding carboxylic acids is 2. The lowest BCUT2D eigenvalue weighted by Gasteiger charge is -2.33. The number of sulfonamides is 1. The van der Waals surface area contributed by atoms with Crippen molar-refractivity contribution < 1.29 is 18.0 Å². The lowest BCUT2D eigenvalue weighted by Crippen LogP contribution is -2.52. The Morgan fingerprint density at radius 3 is 2.08 bits per heavy atom. The number of nitrogens with zero attached hydrogens (tertiary/aromatic N) is 2. The predicted molar refractivity (Wildman–Crippen MR) is 146 cm³/mol. The molecule has 36 heavy (non-hydrogen) atoms. The molecule has 7 nitrogen and oxygen atoms in total. The van der Waals surface area contributed by atoms with Crippen molar-refractivity contribution in [3.63, 3.8) is 0 Å². The largest absolute Gasteiger partial charge is 0.357 e. The third kappa shape index (κ3) is 7.41. The van der Waals surface area contributed by atoms with Crippen molar-refractivity contribution in [3.05, 3.63) is 100 Å². The fraction of sp³-hybridized carbons (Fsp3) is 0.259. The lowest BCUT2D eigenvalue weighted by molar-refractivity contribution is -0.139. The molecule has 3 rings (SSSR count). The van der Waals surface area contributed by atoms with Gasteiger partial charge in [0.2, 0.25) is 21.8 Å². The summed E-state index contributed by atoms with van der Waals surface area (Å²) < 4.78 is 27.3. The van der Waals surface area contributed by atoms with E-state index in [-0.39, 0.29) is 18.9 Å². The molecular formula is C27H30BrN3O4S. The number of benzene rings is 3. The Morgan fingerprint density at radius 2 is 1.53 bits per heavy atom. The average Bonchev–Trinajstić information content (AvgIpc) is 2.86. The zero-order chi connectivity index (χ0) is 26.3. The van der Waals surface area contributed by atoms with E-state index in [0.717, 1.165) is 31.7 Å². The van der Waals surface area contributed by atoms with Gasteiger partial charge in [-0.1, -0.05) is 76.1 Å².